The van der Waals surface area contributed by atoms with Gasteiger partial charge in [-0.25, -0.2) is 14.8 Å². The Labute approximate surface area is 172 Å². The molecule has 3 rings (SSSR count). The zero-order valence-electron chi connectivity index (χ0n) is 16.7. The van der Waals surface area contributed by atoms with Crippen LogP contribution in [-0.4, -0.2) is 25.3 Å². The third-order valence-corrected chi connectivity index (χ3v) is 4.71. The summed E-state index contributed by atoms with van der Waals surface area (Å²) in [7, 11) is 0. The minimum Gasteiger partial charge on any atom is -0.285 e. The molecule has 0 atom stereocenters. The maximum Gasteiger partial charge on any atom is 0.329 e. The number of aromatic amines is 1. The quantitative estimate of drug-likeness (QED) is 0.513. The average Bonchev–Trinajstić information content (AvgIpc) is 2.61. The number of carbonyl (C=O) groups is 1. The lowest BCUT2D eigenvalue weighted by Crippen LogP contribution is -2.37. The Morgan fingerprint density at radius 2 is 1.76 bits per heavy atom. The van der Waals surface area contributed by atoms with E-state index < -0.39 is 17.0 Å². The molecule has 1 N–H and O–H groups in total. The fourth-order valence-electron chi connectivity index (χ4n) is 3.40. The SMILES string of the molecule is CCc1c(C(=O)c2cc(C)cc(C)n2)n(Cc2cc(C)nc(Cl)c2)c(=O)[nH]c1=O. The molecule has 0 bridgehead atoms. The molecular weight excluding hydrogens is 392 g/mol. The van der Waals surface area contributed by atoms with E-state index in [4.69, 9.17) is 11.6 Å². The van der Waals surface area contributed by atoms with E-state index in [9.17, 15) is 14.4 Å². The lowest BCUT2D eigenvalue weighted by Gasteiger charge is -2.15. The van der Waals surface area contributed by atoms with Gasteiger partial charge in [-0.05, 0) is 62.6 Å². The molecule has 3 aromatic heterocycles. The standard InChI is InChI=1S/C21H21ClN4O3/c1-5-15-18(19(27)16-7-11(2)6-12(3)23-16)26(21(29)25-20(15)28)10-14-8-13(4)24-17(22)9-14/h6-9H,5,10H2,1-4H3,(H,25,28,29). The van der Waals surface area contributed by atoms with Crippen LogP contribution in [0.1, 0.15) is 51.2 Å². The Bertz CT molecular complexity index is 1190. The second-order valence-corrected chi connectivity index (χ2v) is 7.35. The normalized spacial score (nSPS) is 10.9. The van der Waals surface area contributed by atoms with Gasteiger partial charge >= 0.3 is 5.69 Å². The highest BCUT2D eigenvalue weighted by Gasteiger charge is 2.23. The van der Waals surface area contributed by atoms with E-state index in [1.807, 2.05) is 13.0 Å². The van der Waals surface area contributed by atoms with Crippen LogP contribution < -0.4 is 11.2 Å². The minimum atomic E-state index is -0.662. The van der Waals surface area contributed by atoms with Gasteiger partial charge in [0.05, 0.1) is 6.54 Å². The first-order valence-electron chi connectivity index (χ1n) is 9.18. The summed E-state index contributed by atoms with van der Waals surface area (Å²) in [5.74, 6) is -0.464. The number of carbonyl (C=O) groups excluding carboxylic acids is 1. The van der Waals surface area contributed by atoms with Crippen molar-refractivity contribution in [3.8, 4) is 0 Å². The van der Waals surface area contributed by atoms with Crippen LogP contribution in [0.5, 0.6) is 0 Å². The van der Waals surface area contributed by atoms with Crippen molar-refractivity contribution < 1.29 is 4.79 Å². The number of H-pyrrole nitrogens is 1. The van der Waals surface area contributed by atoms with Crippen molar-refractivity contribution in [3.05, 3.63) is 89.7 Å². The summed E-state index contributed by atoms with van der Waals surface area (Å²) in [6.07, 6.45) is 0.289. The molecule has 3 aromatic rings. The van der Waals surface area contributed by atoms with E-state index in [2.05, 4.69) is 15.0 Å². The molecule has 150 valence electrons. The van der Waals surface area contributed by atoms with Crippen molar-refractivity contribution >= 4 is 17.4 Å². The first-order valence-corrected chi connectivity index (χ1v) is 9.56. The predicted molar refractivity (Wildman–Crippen MR) is 111 cm³/mol. The monoisotopic (exact) mass is 412 g/mol. The third kappa shape index (κ3) is 4.35. The second kappa shape index (κ2) is 8.13. The molecular formula is C21H21ClN4O3. The van der Waals surface area contributed by atoms with Crippen LogP contribution in [0.15, 0.2) is 33.9 Å². The molecule has 0 saturated carbocycles. The molecule has 0 amide bonds. The van der Waals surface area contributed by atoms with E-state index >= 15 is 0 Å². The topological polar surface area (TPSA) is 97.7 Å². The Morgan fingerprint density at radius 3 is 2.38 bits per heavy atom. The van der Waals surface area contributed by atoms with Crippen LogP contribution in [0.25, 0.3) is 0 Å². The number of nitrogens with one attached hydrogen (secondary N) is 1. The van der Waals surface area contributed by atoms with Crippen molar-refractivity contribution in [2.45, 2.75) is 40.7 Å². The molecule has 8 heteroatoms. The van der Waals surface area contributed by atoms with E-state index in [0.29, 0.717) is 17.0 Å². The first kappa shape index (κ1) is 20.7. The van der Waals surface area contributed by atoms with Crippen LogP contribution in [0.3, 0.4) is 0 Å². The largest absolute Gasteiger partial charge is 0.329 e. The molecule has 7 nitrogen and oxygen atoms in total. The van der Waals surface area contributed by atoms with Crippen molar-refractivity contribution in [2.24, 2.45) is 0 Å². The Hall–Kier alpha value is -3.06. The smallest absolute Gasteiger partial charge is 0.285 e. The van der Waals surface area contributed by atoms with Crippen molar-refractivity contribution in [1.82, 2.24) is 19.5 Å². The lowest BCUT2D eigenvalue weighted by molar-refractivity contribution is 0.102. The van der Waals surface area contributed by atoms with Crippen molar-refractivity contribution in [2.75, 3.05) is 0 Å². The van der Waals surface area contributed by atoms with Crippen LogP contribution in [0.4, 0.5) is 0 Å². The van der Waals surface area contributed by atoms with Crippen molar-refractivity contribution in [1.29, 1.82) is 0 Å². The van der Waals surface area contributed by atoms with Crippen LogP contribution >= 0.6 is 11.6 Å². The van der Waals surface area contributed by atoms with Gasteiger partial charge in [-0.2, -0.15) is 0 Å². The highest BCUT2D eigenvalue weighted by molar-refractivity contribution is 6.29. The zero-order chi connectivity index (χ0) is 21.3. The Kier molecular flexibility index (Phi) is 5.79. The van der Waals surface area contributed by atoms with Gasteiger partial charge in [0.15, 0.2) is 0 Å². The number of aryl methyl sites for hydroxylation is 3. The number of aromatic nitrogens is 4. The Balaban J connectivity index is 2.25. The maximum atomic E-state index is 13.4. The number of pyridine rings is 2. The van der Waals surface area contributed by atoms with E-state index in [1.54, 1.807) is 39.0 Å². The molecule has 29 heavy (non-hydrogen) atoms. The number of halogens is 1. The summed E-state index contributed by atoms with van der Waals surface area (Å²) in [5, 5.41) is 0.289. The fraction of sp³-hybridized carbons (Fsp3) is 0.286. The summed E-state index contributed by atoms with van der Waals surface area (Å²) < 4.78 is 1.27. The molecule has 0 spiro atoms. The summed E-state index contributed by atoms with van der Waals surface area (Å²) >= 11 is 6.04. The number of hydrogen-bond donors (Lipinski definition) is 1. The maximum absolute atomic E-state index is 13.4. The van der Waals surface area contributed by atoms with Crippen LogP contribution in [0.2, 0.25) is 5.15 Å². The molecule has 0 aliphatic carbocycles. The summed E-state index contributed by atoms with van der Waals surface area (Å²) in [5.41, 5.74) is 2.19. The Morgan fingerprint density at radius 1 is 1.07 bits per heavy atom. The van der Waals surface area contributed by atoms with Gasteiger partial charge in [0.2, 0.25) is 5.78 Å². The van der Waals surface area contributed by atoms with E-state index in [0.717, 1.165) is 5.56 Å². The van der Waals surface area contributed by atoms with E-state index in [1.165, 1.54) is 4.57 Å². The van der Waals surface area contributed by atoms with Crippen molar-refractivity contribution in [3.63, 3.8) is 0 Å². The molecule has 0 fully saturated rings. The number of nitrogens with zero attached hydrogens (tertiary/aromatic N) is 3. The molecule has 0 aromatic carbocycles. The number of hydrogen-bond acceptors (Lipinski definition) is 5. The molecule has 0 aliphatic rings. The fourth-order valence-corrected chi connectivity index (χ4v) is 3.67. The van der Waals surface area contributed by atoms with Gasteiger partial charge in [-0.1, -0.05) is 18.5 Å². The third-order valence-electron chi connectivity index (χ3n) is 4.52. The van der Waals surface area contributed by atoms with Gasteiger partial charge in [-0.15, -0.1) is 0 Å². The second-order valence-electron chi connectivity index (χ2n) is 6.97. The zero-order valence-corrected chi connectivity index (χ0v) is 17.4. The highest BCUT2D eigenvalue weighted by Crippen LogP contribution is 2.16. The predicted octanol–water partition coefficient (Wildman–Crippen LogP) is 2.75. The van der Waals surface area contributed by atoms with Crippen LogP contribution in [0, 0.1) is 20.8 Å². The molecule has 0 unspecified atom stereocenters. The van der Waals surface area contributed by atoms with Gasteiger partial charge < -0.3 is 0 Å². The average molecular weight is 413 g/mol. The molecule has 0 saturated heterocycles. The molecule has 0 aliphatic heterocycles. The molecule has 3 heterocycles. The summed E-state index contributed by atoms with van der Waals surface area (Å²) in [6, 6.07) is 6.90. The summed E-state index contributed by atoms with van der Waals surface area (Å²) in [4.78, 5) is 49.2. The number of ketones is 1. The van der Waals surface area contributed by atoms with Gasteiger partial charge in [0.1, 0.15) is 16.5 Å². The van der Waals surface area contributed by atoms with Gasteiger partial charge in [0.25, 0.3) is 5.56 Å². The van der Waals surface area contributed by atoms with Gasteiger partial charge in [0, 0.05) is 17.0 Å². The van der Waals surface area contributed by atoms with E-state index in [-0.39, 0.29) is 35.1 Å². The highest BCUT2D eigenvalue weighted by atomic mass is 35.5. The summed E-state index contributed by atoms with van der Waals surface area (Å²) in [6.45, 7) is 7.26. The van der Waals surface area contributed by atoms with Crippen LogP contribution in [-0.2, 0) is 13.0 Å². The molecule has 0 radical (unpaired) electrons. The minimum absolute atomic E-state index is 0.0457. The lowest BCUT2D eigenvalue weighted by atomic mass is 10.0. The number of rotatable bonds is 5. The van der Waals surface area contributed by atoms with Gasteiger partial charge in [-0.3, -0.25) is 19.1 Å². The first-order chi connectivity index (χ1) is 13.7.